The number of fused-ring (bicyclic) bond motifs is 1. The van der Waals surface area contributed by atoms with E-state index in [4.69, 9.17) is 23.2 Å². The van der Waals surface area contributed by atoms with Crippen molar-refractivity contribution in [2.24, 2.45) is 0 Å². The van der Waals surface area contributed by atoms with Crippen LogP contribution in [0, 0.1) is 0 Å². The van der Waals surface area contributed by atoms with Gasteiger partial charge in [-0.05, 0) is 24.3 Å². The largest absolute Gasteiger partial charge is 0.417 e. The molecule has 2 aromatic heterocycles. The second-order valence-electron chi connectivity index (χ2n) is 4.85. The van der Waals surface area contributed by atoms with Crippen LogP contribution < -0.4 is 5.32 Å². The lowest BCUT2D eigenvalue weighted by atomic mass is 10.1. The highest BCUT2D eigenvalue weighted by molar-refractivity contribution is 6.35. The lowest BCUT2D eigenvalue weighted by Gasteiger charge is -2.12. The lowest BCUT2D eigenvalue weighted by Crippen LogP contribution is -2.15. The van der Waals surface area contributed by atoms with E-state index in [1.54, 1.807) is 12.1 Å². The highest BCUT2D eigenvalue weighted by Crippen LogP contribution is 2.36. The van der Waals surface area contributed by atoms with Gasteiger partial charge in [0.1, 0.15) is 10.8 Å². The molecular formula is C15H8Cl2F3N3O. The predicted molar refractivity (Wildman–Crippen MR) is 84.6 cm³/mol. The molecule has 0 fully saturated rings. The molecule has 0 radical (unpaired) electrons. The fourth-order valence-corrected chi connectivity index (χ4v) is 2.65. The Hall–Kier alpha value is -2.25. The number of rotatable bonds is 2. The highest BCUT2D eigenvalue weighted by Gasteiger charge is 2.34. The number of carbonyl (C=O) groups is 1. The Bertz CT molecular complexity index is 937. The molecule has 9 heteroatoms. The van der Waals surface area contributed by atoms with Gasteiger partial charge in [-0.3, -0.25) is 9.20 Å². The van der Waals surface area contributed by atoms with Crippen LogP contribution in [0.15, 0.2) is 42.7 Å². The van der Waals surface area contributed by atoms with Crippen LogP contribution >= 0.6 is 23.2 Å². The molecular weight excluding hydrogens is 366 g/mol. The second kappa shape index (κ2) is 5.99. The summed E-state index contributed by atoms with van der Waals surface area (Å²) in [4.78, 5) is 16.3. The lowest BCUT2D eigenvalue weighted by molar-refractivity contribution is -0.137. The molecule has 0 aliphatic heterocycles. The molecule has 1 aromatic carbocycles. The predicted octanol–water partition coefficient (Wildman–Crippen LogP) is 4.91. The van der Waals surface area contributed by atoms with Crippen LogP contribution in [0.1, 0.15) is 15.9 Å². The standard InChI is InChI=1S/C15H8Cl2F3N3O/c16-11-6-21-12-5-4-8(7-23(11)12)22-14(24)9-2-1-3-10(13(9)17)15(18,19)20/h1-7H,(H,22,24). The van der Waals surface area contributed by atoms with E-state index in [2.05, 4.69) is 10.3 Å². The zero-order valence-corrected chi connectivity index (χ0v) is 13.2. The zero-order valence-electron chi connectivity index (χ0n) is 11.7. The van der Waals surface area contributed by atoms with Crippen molar-refractivity contribution in [2.75, 3.05) is 5.32 Å². The summed E-state index contributed by atoms with van der Waals surface area (Å²) < 4.78 is 40.1. The van der Waals surface area contributed by atoms with E-state index < -0.39 is 22.7 Å². The number of anilines is 1. The molecule has 0 spiro atoms. The highest BCUT2D eigenvalue weighted by atomic mass is 35.5. The van der Waals surface area contributed by atoms with Crippen molar-refractivity contribution >= 4 is 40.4 Å². The number of nitrogens with zero attached hydrogens (tertiary/aromatic N) is 2. The van der Waals surface area contributed by atoms with Crippen LogP contribution in [0.3, 0.4) is 0 Å². The quantitative estimate of drug-likeness (QED) is 0.693. The number of nitrogens with one attached hydrogen (secondary N) is 1. The van der Waals surface area contributed by atoms with Crippen LogP contribution in [-0.4, -0.2) is 15.3 Å². The van der Waals surface area contributed by atoms with E-state index in [1.807, 2.05) is 0 Å². The number of imidazole rings is 1. The first-order valence-electron chi connectivity index (χ1n) is 6.57. The Balaban J connectivity index is 1.93. The van der Waals surface area contributed by atoms with Crippen molar-refractivity contribution in [1.82, 2.24) is 9.38 Å². The summed E-state index contributed by atoms with van der Waals surface area (Å²) in [5.41, 5.74) is -0.441. The third-order valence-electron chi connectivity index (χ3n) is 3.27. The number of halogens is 5. The van der Waals surface area contributed by atoms with Gasteiger partial charge in [-0.25, -0.2) is 4.98 Å². The van der Waals surface area contributed by atoms with Crippen LogP contribution in [0.4, 0.5) is 18.9 Å². The van der Waals surface area contributed by atoms with Gasteiger partial charge < -0.3 is 5.32 Å². The fraction of sp³-hybridized carbons (Fsp3) is 0.0667. The van der Waals surface area contributed by atoms with Crippen molar-refractivity contribution in [3.05, 3.63) is 64.0 Å². The number of carbonyl (C=O) groups excluding carboxylic acids is 1. The summed E-state index contributed by atoms with van der Waals surface area (Å²) in [6.07, 6.45) is -1.70. The van der Waals surface area contributed by atoms with E-state index in [-0.39, 0.29) is 5.56 Å². The maximum Gasteiger partial charge on any atom is 0.417 e. The molecule has 0 unspecified atom stereocenters. The minimum atomic E-state index is -4.64. The molecule has 0 aliphatic carbocycles. The third kappa shape index (κ3) is 3.05. The molecule has 0 saturated carbocycles. The van der Waals surface area contributed by atoms with Gasteiger partial charge in [0, 0.05) is 6.20 Å². The Morgan fingerprint density at radius 2 is 1.92 bits per heavy atom. The maximum absolute atomic E-state index is 12.9. The van der Waals surface area contributed by atoms with Crippen LogP contribution in [-0.2, 0) is 6.18 Å². The first-order chi connectivity index (χ1) is 11.3. The number of hydrogen-bond acceptors (Lipinski definition) is 2. The van der Waals surface area contributed by atoms with Gasteiger partial charge in [0.05, 0.1) is 28.0 Å². The van der Waals surface area contributed by atoms with Gasteiger partial charge in [-0.2, -0.15) is 13.2 Å². The first kappa shape index (κ1) is 16.6. The number of aromatic nitrogens is 2. The molecule has 1 amide bonds. The van der Waals surface area contributed by atoms with E-state index in [9.17, 15) is 18.0 Å². The number of benzene rings is 1. The normalized spacial score (nSPS) is 11.7. The third-order valence-corrected chi connectivity index (χ3v) is 3.95. The zero-order chi connectivity index (χ0) is 17.5. The molecule has 0 atom stereocenters. The number of alkyl halides is 3. The van der Waals surface area contributed by atoms with E-state index >= 15 is 0 Å². The molecule has 0 aliphatic rings. The molecule has 24 heavy (non-hydrogen) atoms. The Kier molecular flexibility index (Phi) is 4.15. The number of hydrogen-bond donors (Lipinski definition) is 1. The van der Waals surface area contributed by atoms with E-state index in [0.29, 0.717) is 16.5 Å². The van der Waals surface area contributed by atoms with Gasteiger partial charge >= 0.3 is 6.18 Å². The molecule has 0 bridgehead atoms. The minimum Gasteiger partial charge on any atom is -0.321 e. The van der Waals surface area contributed by atoms with Crippen LogP contribution in [0.5, 0.6) is 0 Å². The summed E-state index contributed by atoms with van der Waals surface area (Å²) in [5, 5.41) is 2.17. The summed E-state index contributed by atoms with van der Waals surface area (Å²) in [6.45, 7) is 0. The van der Waals surface area contributed by atoms with Crippen molar-refractivity contribution in [2.45, 2.75) is 6.18 Å². The molecule has 1 N–H and O–H groups in total. The molecule has 124 valence electrons. The topological polar surface area (TPSA) is 46.4 Å². The Labute approximate surface area is 143 Å². The van der Waals surface area contributed by atoms with Gasteiger partial charge in [0.25, 0.3) is 5.91 Å². The molecule has 0 saturated heterocycles. The van der Waals surface area contributed by atoms with Crippen LogP contribution in [0.2, 0.25) is 10.2 Å². The smallest absolute Gasteiger partial charge is 0.321 e. The average molecular weight is 374 g/mol. The van der Waals surface area contributed by atoms with Gasteiger partial charge in [0.2, 0.25) is 0 Å². The van der Waals surface area contributed by atoms with Gasteiger partial charge in [0.15, 0.2) is 0 Å². The van der Waals surface area contributed by atoms with Gasteiger partial charge in [-0.1, -0.05) is 29.3 Å². The van der Waals surface area contributed by atoms with Crippen LogP contribution in [0.25, 0.3) is 5.65 Å². The number of pyridine rings is 1. The Morgan fingerprint density at radius 1 is 1.17 bits per heavy atom. The average Bonchev–Trinajstić information content (AvgIpc) is 2.87. The van der Waals surface area contributed by atoms with Crippen molar-refractivity contribution in [3.8, 4) is 0 Å². The minimum absolute atomic E-state index is 0.275. The molecule has 2 heterocycles. The monoisotopic (exact) mass is 373 g/mol. The number of amides is 1. The summed E-state index contributed by atoms with van der Waals surface area (Å²) in [5.74, 6) is -0.762. The fourth-order valence-electron chi connectivity index (χ4n) is 2.15. The van der Waals surface area contributed by atoms with Crippen molar-refractivity contribution < 1.29 is 18.0 Å². The second-order valence-corrected chi connectivity index (χ2v) is 5.61. The van der Waals surface area contributed by atoms with Crippen molar-refractivity contribution in [1.29, 1.82) is 0 Å². The van der Waals surface area contributed by atoms with E-state index in [0.717, 1.165) is 12.1 Å². The summed E-state index contributed by atoms with van der Waals surface area (Å²) in [7, 11) is 0. The molecule has 3 aromatic rings. The summed E-state index contributed by atoms with van der Waals surface area (Å²) >= 11 is 11.7. The SMILES string of the molecule is O=C(Nc1ccc2ncc(Cl)n2c1)c1cccc(C(F)(F)F)c1Cl. The maximum atomic E-state index is 12.9. The molecule has 4 nitrogen and oxygen atoms in total. The Morgan fingerprint density at radius 3 is 2.62 bits per heavy atom. The van der Waals surface area contributed by atoms with Crippen molar-refractivity contribution in [3.63, 3.8) is 0 Å². The summed E-state index contributed by atoms with van der Waals surface area (Å²) in [6, 6.07) is 6.32. The van der Waals surface area contributed by atoms with E-state index in [1.165, 1.54) is 22.9 Å². The molecule has 3 rings (SSSR count). The van der Waals surface area contributed by atoms with Gasteiger partial charge in [-0.15, -0.1) is 0 Å². The first-order valence-corrected chi connectivity index (χ1v) is 7.32.